The van der Waals surface area contributed by atoms with Crippen molar-refractivity contribution < 1.29 is 4.74 Å². The Morgan fingerprint density at radius 1 is 1.39 bits per heavy atom. The van der Waals surface area contributed by atoms with Crippen LogP contribution in [-0.4, -0.2) is 19.1 Å². The summed E-state index contributed by atoms with van der Waals surface area (Å²) in [5.41, 5.74) is 4.32. The van der Waals surface area contributed by atoms with Crippen LogP contribution in [0.5, 0.6) is 5.75 Å². The van der Waals surface area contributed by atoms with Gasteiger partial charge in [-0.1, -0.05) is 22.9 Å². The predicted octanol–water partition coefficient (Wildman–Crippen LogP) is 3.92. The van der Waals surface area contributed by atoms with Crippen molar-refractivity contribution in [2.45, 2.75) is 20.3 Å². The second kappa shape index (κ2) is 5.14. The largest absolute Gasteiger partial charge is 0.494 e. The fraction of sp³-hybridized carbons (Fsp3) is 0.357. The van der Waals surface area contributed by atoms with Crippen molar-refractivity contribution in [1.82, 2.24) is 4.98 Å². The molecule has 0 aliphatic heterocycles. The zero-order valence-corrected chi connectivity index (χ0v) is 12.7. The quantitative estimate of drug-likeness (QED) is 0.933. The highest BCUT2D eigenvalue weighted by Gasteiger charge is 2.15. The molecule has 0 aliphatic rings. The molecule has 1 N–H and O–H groups in total. The van der Waals surface area contributed by atoms with Gasteiger partial charge in [-0.25, -0.2) is 4.98 Å². The minimum atomic E-state index is 0.801. The molecular weight excluding hydrogens is 292 g/mol. The van der Waals surface area contributed by atoms with Crippen LogP contribution in [0.3, 0.4) is 0 Å². The molecule has 0 saturated heterocycles. The average molecular weight is 309 g/mol. The fourth-order valence-electron chi connectivity index (χ4n) is 2.34. The lowest BCUT2D eigenvalue weighted by molar-refractivity contribution is 0.419. The second-order valence-corrected chi connectivity index (χ2v) is 4.98. The molecule has 2 rings (SSSR count). The van der Waals surface area contributed by atoms with Crippen molar-refractivity contribution >= 4 is 32.5 Å². The highest BCUT2D eigenvalue weighted by molar-refractivity contribution is 9.10. The lowest BCUT2D eigenvalue weighted by Crippen LogP contribution is -2.02. The van der Waals surface area contributed by atoms with Crippen LogP contribution < -0.4 is 10.1 Å². The fourth-order valence-corrected chi connectivity index (χ4v) is 2.85. The standard InChI is InChI=1S/C14H17BrN2O/c1-5-9-8(2)17-14-11(18-4)7-6-10(15)12(14)13(9)16-3/h6-7H,5H2,1-4H3,(H,16,17). The van der Waals surface area contributed by atoms with Crippen LogP contribution in [0, 0.1) is 6.92 Å². The van der Waals surface area contributed by atoms with Crippen LogP contribution in [-0.2, 0) is 6.42 Å². The Hall–Kier alpha value is -1.29. The number of anilines is 1. The minimum Gasteiger partial charge on any atom is -0.494 e. The van der Waals surface area contributed by atoms with E-state index >= 15 is 0 Å². The van der Waals surface area contributed by atoms with Gasteiger partial charge in [-0.3, -0.25) is 0 Å². The first kappa shape index (κ1) is 13.1. The van der Waals surface area contributed by atoms with Crippen LogP contribution in [0.2, 0.25) is 0 Å². The Labute approximate surface area is 116 Å². The van der Waals surface area contributed by atoms with Gasteiger partial charge in [-0.2, -0.15) is 0 Å². The number of methoxy groups -OCH3 is 1. The van der Waals surface area contributed by atoms with Crippen molar-refractivity contribution in [2.75, 3.05) is 19.5 Å². The topological polar surface area (TPSA) is 34.1 Å². The number of pyridine rings is 1. The van der Waals surface area contributed by atoms with Crippen molar-refractivity contribution in [3.63, 3.8) is 0 Å². The maximum absolute atomic E-state index is 5.40. The zero-order chi connectivity index (χ0) is 13.3. The number of benzene rings is 1. The molecule has 0 fully saturated rings. The van der Waals surface area contributed by atoms with Gasteiger partial charge < -0.3 is 10.1 Å². The van der Waals surface area contributed by atoms with Gasteiger partial charge in [0.25, 0.3) is 0 Å². The maximum Gasteiger partial charge on any atom is 0.145 e. The number of aromatic nitrogens is 1. The first-order chi connectivity index (χ1) is 8.63. The maximum atomic E-state index is 5.40. The van der Waals surface area contributed by atoms with E-state index in [1.807, 2.05) is 26.1 Å². The molecule has 1 heterocycles. The molecule has 18 heavy (non-hydrogen) atoms. The van der Waals surface area contributed by atoms with Crippen molar-refractivity contribution in [2.24, 2.45) is 0 Å². The Kier molecular flexibility index (Phi) is 3.76. The van der Waals surface area contributed by atoms with E-state index in [1.54, 1.807) is 7.11 Å². The second-order valence-electron chi connectivity index (χ2n) is 4.13. The number of nitrogens with zero attached hydrogens (tertiary/aromatic N) is 1. The summed E-state index contributed by atoms with van der Waals surface area (Å²) in [6.45, 7) is 4.18. The van der Waals surface area contributed by atoms with Gasteiger partial charge in [-0.05, 0) is 31.0 Å². The smallest absolute Gasteiger partial charge is 0.145 e. The van der Waals surface area contributed by atoms with Gasteiger partial charge in [0.1, 0.15) is 11.3 Å². The van der Waals surface area contributed by atoms with Gasteiger partial charge in [0.2, 0.25) is 0 Å². The number of fused-ring (bicyclic) bond motifs is 1. The molecule has 0 bridgehead atoms. The number of rotatable bonds is 3. The van der Waals surface area contributed by atoms with E-state index in [-0.39, 0.29) is 0 Å². The van der Waals surface area contributed by atoms with Crippen molar-refractivity contribution in [3.8, 4) is 5.75 Å². The third-order valence-electron chi connectivity index (χ3n) is 3.18. The Morgan fingerprint density at radius 2 is 2.11 bits per heavy atom. The van der Waals surface area contributed by atoms with Crippen LogP contribution >= 0.6 is 15.9 Å². The highest BCUT2D eigenvalue weighted by atomic mass is 79.9. The molecule has 4 heteroatoms. The van der Waals surface area contributed by atoms with Gasteiger partial charge >= 0.3 is 0 Å². The van der Waals surface area contributed by atoms with Gasteiger partial charge in [0.05, 0.1) is 7.11 Å². The summed E-state index contributed by atoms with van der Waals surface area (Å²) in [6.07, 6.45) is 0.953. The monoisotopic (exact) mass is 308 g/mol. The number of aryl methyl sites for hydroxylation is 1. The summed E-state index contributed by atoms with van der Waals surface area (Å²) in [6, 6.07) is 3.93. The number of ether oxygens (including phenoxy) is 1. The molecule has 2 aromatic rings. The molecule has 0 radical (unpaired) electrons. The summed E-state index contributed by atoms with van der Waals surface area (Å²) in [4.78, 5) is 4.69. The van der Waals surface area contributed by atoms with E-state index < -0.39 is 0 Å². The number of nitrogens with one attached hydrogen (secondary N) is 1. The molecule has 0 unspecified atom stereocenters. The molecular formula is C14H17BrN2O. The van der Waals surface area contributed by atoms with E-state index in [2.05, 4.69) is 28.2 Å². The summed E-state index contributed by atoms with van der Waals surface area (Å²) in [5, 5.41) is 4.38. The Balaban J connectivity index is 2.96. The molecule has 96 valence electrons. The van der Waals surface area contributed by atoms with Crippen LogP contribution in [0.15, 0.2) is 16.6 Å². The van der Waals surface area contributed by atoms with E-state index in [0.29, 0.717) is 0 Å². The van der Waals surface area contributed by atoms with Crippen molar-refractivity contribution in [1.29, 1.82) is 0 Å². The first-order valence-electron chi connectivity index (χ1n) is 5.97. The molecule has 1 aromatic heterocycles. The molecule has 0 spiro atoms. The minimum absolute atomic E-state index is 0.801. The summed E-state index contributed by atoms with van der Waals surface area (Å²) >= 11 is 3.60. The van der Waals surface area contributed by atoms with Gasteiger partial charge in [-0.15, -0.1) is 0 Å². The van der Waals surface area contributed by atoms with Gasteiger partial charge in [0.15, 0.2) is 0 Å². The molecule has 0 atom stereocenters. The van der Waals surface area contributed by atoms with Crippen LogP contribution in [0.1, 0.15) is 18.2 Å². The molecule has 0 aliphatic carbocycles. The van der Waals surface area contributed by atoms with Crippen molar-refractivity contribution in [3.05, 3.63) is 27.9 Å². The number of halogens is 1. The summed E-state index contributed by atoms with van der Waals surface area (Å²) in [5.74, 6) is 0.801. The van der Waals surface area contributed by atoms with Crippen LogP contribution in [0.25, 0.3) is 10.9 Å². The molecule has 0 saturated carbocycles. The van der Waals surface area contributed by atoms with E-state index in [1.165, 1.54) is 5.56 Å². The summed E-state index contributed by atoms with van der Waals surface area (Å²) in [7, 11) is 3.62. The third-order valence-corrected chi connectivity index (χ3v) is 3.84. The van der Waals surface area contributed by atoms with E-state index in [9.17, 15) is 0 Å². The number of hydrogen-bond donors (Lipinski definition) is 1. The van der Waals surface area contributed by atoms with E-state index in [0.717, 1.165) is 38.9 Å². The van der Waals surface area contributed by atoms with E-state index in [4.69, 9.17) is 9.72 Å². The normalized spacial score (nSPS) is 10.7. The first-order valence-corrected chi connectivity index (χ1v) is 6.76. The zero-order valence-electron chi connectivity index (χ0n) is 11.1. The highest BCUT2D eigenvalue weighted by Crippen LogP contribution is 2.38. The van der Waals surface area contributed by atoms with Crippen LogP contribution in [0.4, 0.5) is 5.69 Å². The lowest BCUT2D eigenvalue weighted by Gasteiger charge is -2.16. The van der Waals surface area contributed by atoms with Gasteiger partial charge in [0, 0.05) is 28.3 Å². The molecule has 0 amide bonds. The SMILES string of the molecule is CCc1c(C)nc2c(OC)ccc(Br)c2c1NC. The summed E-state index contributed by atoms with van der Waals surface area (Å²) < 4.78 is 6.43. The Morgan fingerprint density at radius 3 is 2.67 bits per heavy atom. The lowest BCUT2D eigenvalue weighted by atomic mass is 10.0. The average Bonchev–Trinajstić information content (AvgIpc) is 2.37. The molecule has 1 aromatic carbocycles. The predicted molar refractivity (Wildman–Crippen MR) is 79.7 cm³/mol. The third kappa shape index (κ3) is 1.94. The molecule has 3 nitrogen and oxygen atoms in total. The number of hydrogen-bond acceptors (Lipinski definition) is 3. The Bertz CT molecular complexity index is 596.